The Bertz CT molecular complexity index is 1300. The number of nitrogens with zero attached hydrogens (tertiary/aromatic N) is 1. The Hall–Kier alpha value is -3.45. The van der Waals surface area contributed by atoms with Crippen LogP contribution in [0, 0.1) is 10.1 Å². The van der Waals surface area contributed by atoms with Gasteiger partial charge in [0.2, 0.25) is 0 Å². The zero-order chi connectivity index (χ0) is 19.0. The van der Waals surface area contributed by atoms with Gasteiger partial charge in [-0.3, -0.25) is 14.8 Å². The number of para-hydroxylation sites is 1. The lowest BCUT2D eigenvalue weighted by Crippen LogP contribution is -2.14. The summed E-state index contributed by atoms with van der Waals surface area (Å²) >= 11 is 0. The molecule has 4 aromatic rings. The molecule has 0 fully saturated rings. The number of fused-ring (bicyclic) bond motifs is 2. The van der Waals surface area contributed by atoms with E-state index in [0.29, 0.717) is 5.69 Å². The third kappa shape index (κ3) is 3.20. The van der Waals surface area contributed by atoms with Crippen molar-refractivity contribution in [3.63, 3.8) is 0 Å². The molecule has 0 aliphatic carbocycles. The molecule has 0 atom stereocenters. The Morgan fingerprint density at radius 1 is 0.741 bits per heavy atom. The van der Waals surface area contributed by atoms with Crippen molar-refractivity contribution >= 4 is 42.9 Å². The van der Waals surface area contributed by atoms with Crippen LogP contribution in [0.1, 0.15) is 0 Å². The minimum absolute atomic E-state index is 0.343. The lowest BCUT2D eigenvalue weighted by Gasteiger charge is -2.10. The highest BCUT2D eigenvalue weighted by molar-refractivity contribution is 7.92. The van der Waals surface area contributed by atoms with Gasteiger partial charge in [0.15, 0.2) is 4.90 Å². The summed E-state index contributed by atoms with van der Waals surface area (Å²) in [4.78, 5) is 10.1. The summed E-state index contributed by atoms with van der Waals surface area (Å²) in [6, 6.07) is 22.4. The van der Waals surface area contributed by atoms with E-state index in [1.165, 1.54) is 24.3 Å². The third-order valence-electron chi connectivity index (χ3n) is 4.31. The van der Waals surface area contributed by atoms with Gasteiger partial charge in [0.05, 0.1) is 4.92 Å². The van der Waals surface area contributed by atoms with Crippen molar-refractivity contribution in [2.45, 2.75) is 4.90 Å². The molecule has 7 heteroatoms. The lowest BCUT2D eigenvalue weighted by atomic mass is 10.0. The molecule has 0 bridgehead atoms. The molecule has 27 heavy (non-hydrogen) atoms. The van der Waals surface area contributed by atoms with Gasteiger partial charge in [-0.05, 0) is 51.9 Å². The van der Waals surface area contributed by atoms with Crippen LogP contribution in [0.2, 0.25) is 0 Å². The van der Waals surface area contributed by atoms with Crippen LogP contribution in [0.4, 0.5) is 11.4 Å². The SMILES string of the molecule is O=[N+]([O-])c1ccccc1S(=O)(=O)Nc1ccc2cc3ccccc3cc2c1. The van der Waals surface area contributed by atoms with Crippen LogP contribution in [0.15, 0.2) is 83.8 Å². The Labute approximate surface area is 155 Å². The van der Waals surface area contributed by atoms with E-state index >= 15 is 0 Å². The summed E-state index contributed by atoms with van der Waals surface area (Å²) in [5.41, 5.74) is -0.118. The topological polar surface area (TPSA) is 89.3 Å². The summed E-state index contributed by atoms with van der Waals surface area (Å²) in [6.07, 6.45) is 0. The van der Waals surface area contributed by atoms with Crippen LogP contribution in [0.5, 0.6) is 0 Å². The Morgan fingerprint density at radius 2 is 1.33 bits per heavy atom. The molecule has 0 spiro atoms. The largest absolute Gasteiger partial charge is 0.289 e. The van der Waals surface area contributed by atoms with Gasteiger partial charge in [-0.1, -0.05) is 42.5 Å². The molecule has 4 aromatic carbocycles. The van der Waals surface area contributed by atoms with Crippen LogP contribution < -0.4 is 4.72 Å². The summed E-state index contributed by atoms with van der Waals surface area (Å²) in [5.74, 6) is 0. The average molecular weight is 378 g/mol. The molecule has 0 heterocycles. The lowest BCUT2D eigenvalue weighted by molar-refractivity contribution is -0.387. The van der Waals surface area contributed by atoms with Gasteiger partial charge in [-0.15, -0.1) is 0 Å². The Balaban J connectivity index is 1.76. The van der Waals surface area contributed by atoms with E-state index < -0.39 is 20.6 Å². The number of sulfonamides is 1. The highest BCUT2D eigenvalue weighted by atomic mass is 32.2. The number of nitro groups is 1. The normalized spacial score (nSPS) is 11.6. The fourth-order valence-electron chi connectivity index (χ4n) is 3.05. The second kappa shape index (κ2) is 6.37. The predicted octanol–water partition coefficient (Wildman–Crippen LogP) is 4.70. The van der Waals surface area contributed by atoms with Crippen LogP contribution in [0.3, 0.4) is 0 Å². The molecular weight excluding hydrogens is 364 g/mol. The molecule has 0 unspecified atom stereocenters. The first-order chi connectivity index (χ1) is 12.9. The monoisotopic (exact) mass is 378 g/mol. The van der Waals surface area contributed by atoms with Gasteiger partial charge in [-0.2, -0.15) is 0 Å². The van der Waals surface area contributed by atoms with E-state index in [2.05, 4.69) is 4.72 Å². The molecule has 1 N–H and O–H groups in total. The van der Waals surface area contributed by atoms with E-state index in [9.17, 15) is 18.5 Å². The summed E-state index contributed by atoms with van der Waals surface area (Å²) < 4.78 is 27.8. The molecule has 0 aliphatic rings. The van der Waals surface area contributed by atoms with E-state index in [1.807, 2.05) is 42.5 Å². The highest BCUT2D eigenvalue weighted by Gasteiger charge is 2.25. The van der Waals surface area contributed by atoms with E-state index in [1.54, 1.807) is 12.1 Å². The van der Waals surface area contributed by atoms with Gasteiger partial charge in [0.1, 0.15) is 0 Å². The number of hydrogen-bond donors (Lipinski definition) is 1. The highest BCUT2D eigenvalue weighted by Crippen LogP contribution is 2.28. The van der Waals surface area contributed by atoms with Gasteiger partial charge >= 0.3 is 0 Å². The number of benzene rings is 4. The van der Waals surface area contributed by atoms with E-state index in [0.717, 1.165) is 21.5 Å². The van der Waals surface area contributed by atoms with Gasteiger partial charge in [0, 0.05) is 11.8 Å². The van der Waals surface area contributed by atoms with Gasteiger partial charge in [0.25, 0.3) is 15.7 Å². The standard InChI is InChI=1S/C20H14N2O4S/c23-22(24)19-7-3-4-8-20(19)27(25,26)21-18-10-9-16-11-14-5-1-2-6-15(14)12-17(16)13-18/h1-13,21H. The molecule has 0 aromatic heterocycles. The summed E-state index contributed by atoms with van der Waals surface area (Å²) in [7, 11) is -4.09. The van der Waals surface area contributed by atoms with Crippen LogP contribution in [-0.2, 0) is 10.0 Å². The summed E-state index contributed by atoms with van der Waals surface area (Å²) in [5, 5.41) is 15.1. The fraction of sp³-hybridized carbons (Fsp3) is 0. The minimum Gasteiger partial charge on any atom is -0.279 e. The molecule has 0 amide bonds. The van der Waals surface area contributed by atoms with E-state index in [-0.39, 0.29) is 4.90 Å². The van der Waals surface area contributed by atoms with Crippen molar-refractivity contribution in [2.75, 3.05) is 4.72 Å². The summed E-state index contributed by atoms with van der Waals surface area (Å²) in [6.45, 7) is 0. The van der Waals surface area contributed by atoms with Crippen molar-refractivity contribution in [1.82, 2.24) is 0 Å². The number of nitro benzene ring substituents is 1. The van der Waals surface area contributed by atoms with E-state index in [4.69, 9.17) is 0 Å². The van der Waals surface area contributed by atoms with Crippen molar-refractivity contribution in [3.8, 4) is 0 Å². The minimum atomic E-state index is -4.09. The van der Waals surface area contributed by atoms with Crippen molar-refractivity contribution in [3.05, 3.63) is 89.0 Å². The van der Waals surface area contributed by atoms with Crippen molar-refractivity contribution in [1.29, 1.82) is 0 Å². The molecule has 0 saturated carbocycles. The molecule has 6 nitrogen and oxygen atoms in total. The first kappa shape index (κ1) is 17.0. The van der Waals surface area contributed by atoms with Gasteiger partial charge < -0.3 is 0 Å². The van der Waals surface area contributed by atoms with Crippen molar-refractivity contribution in [2.24, 2.45) is 0 Å². The number of hydrogen-bond acceptors (Lipinski definition) is 4. The fourth-order valence-corrected chi connectivity index (χ4v) is 4.27. The zero-order valence-electron chi connectivity index (χ0n) is 14.0. The van der Waals surface area contributed by atoms with Crippen LogP contribution in [-0.4, -0.2) is 13.3 Å². The second-order valence-corrected chi connectivity index (χ2v) is 7.74. The Kier molecular flexibility index (Phi) is 4.01. The molecule has 0 aliphatic heterocycles. The first-order valence-corrected chi connectivity index (χ1v) is 9.61. The Morgan fingerprint density at radius 3 is 2.04 bits per heavy atom. The molecule has 0 radical (unpaired) electrons. The number of rotatable bonds is 4. The number of nitrogens with one attached hydrogen (secondary N) is 1. The first-order valence-electron chi connectivity index (χ1n) is 8.13. The predicted molar refractivity (Wildman–Crippen MR) is 105 cm³/mol. The second-order valence-electron chi connectivity index (χ2n) is 6.09. The average Bonchev–Trinajstić information content (AvgIpc) is 2.66. The van der Waals surface area contributed by atoms with Crippen LogP contribution in [0.25, 0.3) is 21.5 Å². The maximum absolute atomic E-state index is 12.7. The van der Waals surface area contributed by atoms with Crippen molar-refractivity contribution < 1.29 is 13.3 Å². The third-order valence-corrected chi connectivity index (χ3v) is 5.74. The molecule has 134 valence electrons. The molecule has 4 rings (SSSR count). The zero-order valence-corrected chi connectivity index (χ0v) is 14.8. The quantitative estimate of drug-likeness (QED) is 0.317. The molecule has 0 saturated heterocycles. The molecular formula is C20H14N2O4S. The maximum atomic E-state index is 12.7. The maximum Gasteiger partial charge on any atom is 0.289 e. The number of anilines is 1. The van der Waals surface area contributed by atoms with Gasteiger partial charge in [-0.25, -0.2) is 8.42 Å². The van der Waals surface area contributed by atoms with Crippen LogP contribution >= 0.6 is 0 Å². The smallest absolute Gasteiger partial charge is 0.279 e.